The van der Waals surface area contributed by atoms with Crippen LogP contribution in [0.2, 0.25) is 0 Å². The second-order valence-electron chi connectivity index (χ2n) is 5.73. The Morgan fingerprint density at radius 3 is 2.04 bits per heavy atom. The molecule has 0 aliphatic carbocycles. The third kappa shape index (κ3) is 3.92. The zero-order valence-corrected chi connectivity index (χ0v) is 14.4. The van der Waals surface area contributed by atoms with Crippen LogP contribution in [0.25, 0.3) is 22.8 Å². The van der Waals surface area contributed by atoms with Crippen molar-refractivity contribution in [3.05, 3.63) is 47.7 Å². The lowest BCUT2D eigenvalue weighted by molar-refractivity contribution is -0.141. The highest BCUT2D eigenvalue weighted by molar-refractivity contribution is 5.63. The predicted octanol–water partition coefficient (Wildman–Crippen LogP) is 4.59. The van der Waals surface area contributed by atoms with E-state index >= 15 is 0 Å². The first-order valence-corrected chi connectivity index (χ1v) is 7.71. The summed E-state index contributed by atoms with van der Waals surface area (Å²) in [6.07, 6.45) is -9.13. The molecule has 0 saturated heterocycles. The Kier molecular flexibility index (Phi) is 4.77. The summed E-state index contributed by atoms with van der Waals surface area (Å²) < 4.78 is 82.9. The number of hydrogen-bond acceptors (Lipinski definition) is 4. The van der Waals surface area contributed by atoms with E-state index in [9.17, 15) is 26.3 Å². The molecule has 0 bridgehead atoms. The highest BCUT2D eigenvalue weighted by Gasteiger charge is 2.35. The van der Waals surface area contributed by atoms with Crippen molar-refractivity contribution in [2.24, 2.45) is 7.05 Å². The van der Waals surface area contributed by atoms with Crippen LogP contribution < -0.4 is 4.74 Å². The standard InChI is InChI=1S/C17H12F6N4O/c1-27-12(8-13(26-27)17(21,22)23)11-7-14(28-2)25-15(24-11)9-3-5-10(6-4-9)16(18,19)20/h3-8H,1-2H3. The topological polar surface area (TPSA) is 52.8 Å². The monoisotopic (exact) mass is 402 g/mol. The molecule has 0 amide bonds. The van der Waals surface area contributed by atoms with Crippen molar-refractivity contribution < 1.29 is 31.1 Å². The van der Waals surface area contributed by atoms with Crippen LogP contribution in [0, 0.1) is 0 Å². The first-order valence-electron chi connectivity index (χ1n) is 7.71. The van der Waals surface area contributed by atoms with Gasteiger partial charge in [-0.2, -0.15) is 36.4 Å². The van der Waals surface area contributed by atoms with Gasteiger partial charge in [-0.05, 0) is 18.2 Å². The number of halogens is 6. The van der Waals surface area contributed by atoms with Crippen LogP contribution in [-0.2, 0) is 19.4 Å². The van der Waals surface area contributed by atoms with E-state index in [0.717, 1.165) is 22.9 Å². The molecular formula is C17H12F6N4O. The van der Waals surface area contributed by atoms with Crippen LogP contribution in [0.15, 0.2) is 36.4 Å². The molecule has 0 N–H and O–H groups in total. The SMILES string of the molecule is COc1cc(-c2cc(C(F)(F)F)nn2C)nc(-c2ccc(C(F)(F)F)cc2)n1. The van der Waals surface area contributed by atoms with E-state index in [2.05, 4.69) is 15.1 Å². The summed E-state index contributed by atoms with van der Waals surface area (Å²) in [5.41, 5.74) is -1.58. The number of hydrogen-bond donors (Lipinski definition) is 0. The van der Waals surface area contributed by atoms with Gasteiger partial charge in [-0.1, -0.05) is 12.1 Å². The minimum atomic E-state index is -4.64. The predicted molar refractivity (Wildman–Crippen MR) is 86.2 cm³/mol. The molecule has 0 unspecified atom stereocenters. The van der Waals surface area contributed by atoms with Crippen molar-refractivity contribution in [2.45, 2.75) is 12.4 Å². The Morgan fingerprint density at radius 1 is 0.893 bits per heavy atom. The lowest BCUT2D eigenvalue weighted by Gasteiger charge is -2.09. The van der Waals surface area contributed by atoms with E-state index in [0.29, 0.717) is 0 Å². The number of aromatic nitrogens is 4. The molecule has 3 rings (SSSR count). The van der Waals surface area contributed by atoms with Gasteiger partial charge in [-0.15, -0.1) is 0 Å². The maximum atomic E-state index is 12.9. The summed E-state index contributed by atoms with van der Waals surface area (Å²) in [7, 11) is 2.62. The zero-order chi connectivity index (χ0) is 20.7. The smallest absolute Gasteiger partial charge is 0.435 e. The van der Waals surface area contributed by atoms with Crippen LogP contribution >= 0.6 is 0 Å². The quantitative estimate of drug-likeness (QED) is 0.602. The summed E-state index contributed by atoms with van der Waals surface area (Å²) in [6, 6.07) is 6.20. The van der Waals surface area contributed by atoms with Gasteiger partial charge in [0.15, 0.2) is 11.5 Å². The van der Waals surface area contributed by atoms with Crippen LogP contribution in [0.4, 0.5) is 26.3 Å². The summed E-state index contributed by atoms with van der Waals surface area (Å²) in [6.45, 7) is 0. The maximum Gasteiger partial charge on any atom is 0.435 e. The van der Waals surface area contributed by atoms with Crippen LogP contribution in [-0.4, -0.2) is 26.9 Å². The summed E-state index contributed by atoms with van der Waals surface area (Å²) in [5, 5.41) is 3.42. The second kappa shape index (κ2) is 6.80. The molecule has 5 nitrogen and oxygen atoms in total. The van der Waals surface area contributed by atoms with Crippen molar-refractivity contribution >= 4 is 0 Å². The Balaban J connectivity index is 2.08. The van der Waals surface area contributed by atoms with Crippen LogP contribution in [0.5, 0.6) is 5.88 Å². The highest BCUT2D eigenvalue weighted by atomic mass is 19.4. The van der Waals surface area contributed by atoms with Gasteiger partial charge >= 0.3 is 12.4 Å². The molecule has 0 aliphatic heterocycles. The van der Waals surface area contributed by atoms with E-state index in [4.69, 9.17) is 4.74 Å². The molecule has 0 aliphatic rings. The van der Waals surface area contributed by atoms with E-state index in [-0.39, 0.29) is 28.7 Å². The van der Waals surface area contributed by atoms with Crippen molar-refractivity contribution in [2.75, 3.05) is 7.11 Å². The summed E-state index contributed by atoms with van der Waals surface area (Å²) in [5.74, 6) is 0.0347. The molecule has 1 aromatic carbocycles. The third-order valence-electron chi connectivity index (χ3n) is 3.81. The minimum Gasteiger partial charge on any atom is -0.481 e. The molecule has 0 radical (unpaired) electrons. The average molecular weight is 402 g/mol. The van der Waals surface area contributed by atoms with Gasteiger partial charge in [0.2, 0.25) is 5.88 Å². The van der Waals surface area contributed by atoms with Gasteiger partial charge in [0.05, 0.1) is 24.1 Å². The van der Waals surface area contributed by atoms with Gasteiger partial charge in [0, 0.05) is 18.7 Å². The Hall–Kier alpha value is -3.11. The molecule has 0 atom stereocenters. The fourth-order valence-electron chi connectivity index (χ4n) is 2.44. The largest absolute Gasteiger partial charge is 0.481 e. The number of nitrogens with zero attached hydrogens (tertiary/aromatic N) is 4. The molecule has 28 heavy (non-hydrogen) atoms. The molecule has 0 spiro atoms. The molecule has 0 saturated carbocycles. The van der Waals surface area contributed by atoms with Gasteiger partial charge in [-0.25, -0.2) is 4.98 Å². The van der Waals surface area contributed by atoms with Crippen molar-refractivity contribution in [3.63, 3.8) is 0 Å². The van der Waals surface area contributed by atoms with Crippen molar-refractivity contribution in [3.8, 4) is 28.7 Å². The van der Waals surface area contributed by atoms with E-state index in [1.165, 1.54) is 32.4 Å². The molecular weight excluding hydrogens is 390 g/mol. The summed E-state index contributed by atoms with van der Waals surface area (Å²) >= 11 is 0. The van der Waals surface area contributed by atoms with Crippen molar-refractivity contribution in [1.29, 1.82) is 0 Å². The highest BCUT2D eigenvalue weighted by Crippen LogP contribution is 2.33. The van der Waals surface area contributed by atoms with Crippen LogP contribution in [0.3, 0.4) is 0 Å². The number of rotatable bonds is 3. The molecule has 148 valence electrons. The van der Waals surface area contributed by atoms with Crippen molar-refractivity contribution in [1.82, 2.24) is 19.7 Å². The number of alkyl halides is 6. The Morgan fingerprint density at radius 2 is 1.54 bits per heavy atom. The van der Waals surface area contributed by atoms with Gasteiger partial charge in [0.25, 0.3) is 0 Å². The Bertz CT molecular complexity index is 992. The average Bonchev–Trinajstić information content (AvgIpc) is 3.03. The maximum absolute atomic E-state index is 12.9. The fraction of sp³-hybridized carbons (Fsp3) is 0.235. The normalized spacial score (nSPS) is 12.3. The zero-order valence-electron chi connectivity index (χ0n) is 14.4. The Labute approximate surface area is 154 Å². The number of methoxy groups -OCH3 is 1. The van der Waals surface area contributed by atoms with Gasteiger partial charge in [-0.3, -0.25) is 4.68 Å². The third-order valence-corrected chi connectivity index (χ3v) is 3.81. The summed E-state index contributed by atoms with van der Waals surface area (Å²) in [4.78, 5) is 8.23. The van der Waals surface area contributed by atoms with E-state index < -0.39 is 23.6 Å². The van der Waals surface area contributed by atoms with Gasteiger partial charge in [0.1, 0.15) is 0 Å². The second-order valence-corrected chi connectivity index (χ2v) is 5.73. The lowest BCUT2D eigenvalue weighted by Crippen LogP contribution is -2.06. The first kappa shape index (κ1) is 19.6. The number of ether oxygens (including phenoxy) is 1. The fourth-order valence-corrected chi connectivity index (χ4v) is 2.44. The van der Waals surface area contributed by atoms with E-state index in [1.54, 1.807) is 0 Å². The minimum absolute atomic E-state index is 0.00201. The molecule has 2 heterocycles. The molecule has 0 fully saturated rings. The van der Waals surface area contributed by atoms with Gasteiger partial charge < -0.3 is 4.74 Å². The number of aryl methyl sites for hydroxylation is 1. The first-order chi connectivity index (χ1) is 13.0. The van der Waals surface area contributed by atoms with Crippen LogP contribution in [0.1, 0.15) is 11.3 Å². The molecule has 2 aromatic heterocycles. The molecule has 3 aromatic rings. The van der Waals surface area contributed by atoms with E-state index in [1.807, 2.05) is 0 Å². The lowest BCUT2D eigenvalue weighted by atomic mass is 10.1. The number of benzene rings is 1. The molecule has 11 heteroatoms.